The summed E-state index contributed by atoms with van der Waals surface area (Å²) in [4.78, 5) is 0. The van der Waals surface area contributed by atoms with Crippen molar-refractivity contribution in [1.29, 1.82) is 0 Å². The topological polar surface area (TPSA) is 35.8 Å². The van der Waals surface area contributed by atoms with Gasteiger partial charge in [0.25, 0.3) is 0 Å². The van der Waals surface area contributed by atoms with Crippen LogP contribution >= 0.6 is 0 Å². The van der Waals surface area contributed by atoms with Gasteiger partial charge in [0.15, 0.2) is 0 Å². The smallest absolute Gasteiger partial charge is 0.672 e. The van der Waals surface area contributed by atoms with Crippen LogP contribution in [0, 0.1) is 0 Å². The molecule has 0 aliphatic carbocycles. The maximum Gasteiger partial charge on any atom is 1.00 e. The molecular formula is C5H10FKN2. The van der Waals surface area contributed by atoms with Crippen LogP contribution in [0.1, 0.15) is 6.42 Å². The van der Waals surface area contributed by atoms with Gasteiger partial charge in [0.2, 0.25) is 0 Å². The number of rotatable bonds is 0. The van der Waals surface area contributed by atoms with Crippen molar-refractivity contribution >= 4 is 0 Å². The molecule has 0 bridgehead atoms. The van der Waals surface area contributed by atoms with E-state index in [2.05, 4.69) is 5.32 Å². The van der Waals surface area contributed by atoms with Crippen LogP contribution in [0.5, 0.6) is 0 Å². The Hall–Kier alpha value is 1.49. The first kappa shape index (κ1) is 10.5. The predicted molar refractivity (Wildman–Crippen MR) is 30.5 cm³/mol. The van der Waals surface area contributed by atoms with Crippen molar-refractivity contribution in [2.24, 2.45) is 0 Å². The Morgan fingerprint density at radius 1 is 1.56 bits per heavy atom. The monoisotopic (exact) mass is 156 g/mol. The zero-order valence-electron chi connectivity index (χ0n) is 5.65. The molecule has 0 spiro atoms. The molecule has 0 amide bonds. The average Bonchev–Trinajstić information content (AvgIpc) is 1.77. The number of nitrogens with one attached hydrogen (secondary N) is 2. The van der Waals surface area contributed by atoms with Gasteiger partial charge in [0, 0.05) is 6.54 Å². The molecule has 4 heteroatoms. The molecule has 0 aromatic carbocycles. The Kier molecular flexibility index (Phi) is 6.03. The summed E-state index contributed by atoms with van der Waals surface area (Å²) in [5, 5.41) is 2.87. The van der Waals surface area contributed by atoms with E-state index < -0.39 is 12.2 Å². The molecule has 2 atom stereocenters. The van der Waals surface area contributed by atoms with Gasteiger partial charge in [-0.3, -0.25) is 0 Å². The molecule has 9 heavy (non-hydrogen) atoms. The molecule has 1 saturated heterocycles. The molecular weight excluding hydrogens is 146 g/mol. The van der Waals surface area contributed by atoms with Gasteiger partial charge in [0.1, 0.15) is 0 Å². The minimum atomic E-state index is -0.941. The van der Waals surface area contributed by atoms with Gasteiger partial charge in [0.05, 0.1) is 6.17 Å². The predicted octanol–water partition coefficient (Wildman–Crippen LogP) is -2.26. The maximum atomic E-state index is 12.3. The second-order valence-corrected chi connectivity index (χ2v) is 2.12. The molecule has 1 heterocycles. The van der Waals surface area contributed by atoms with E-state index in [1.807, 2.05) is 0 Å². The normalized spacial score (nSPS) is 35.3. The van der Waals surface area contributed by atoms with Crippen molar-refractivity contribution in [3.05, 3.63) is 5.73 Å². The SMILES string of the molecule is [K+].[NH-]C1CCNCC1F. The van der Waals surface area contributed by atoms with Crippen molar-refractivity contribution in [1.82, 2.24) is 5.32 Å². The molecule has 1 aliphatic rings. The first-order valence-electron chi connectivity index (χ1n) is 2.86. The van der Waals surface area contributed by atoms with Gasteiger partial charge in [-0.1, -0.05) is 6.42 Å². The van der Waals surface area contributed by atoms with E-state index in [0.29, 0.717) is 13.0 Å². The summed E-state index contributed by atoms with van der Waals surface area (Å²) < 4.78 is 12.3. The first-order valence-corrected chi connectivity index (χ1v) is 2.86. The van der Waals surface area contributed by atoms with Crippen LogP contribution in [0.25, 0.3) is 5.73 Å². The Morgan fingerprint density at radius 2 is 2.22 bits per heavy atom. The molecule has 1 aliphatic heterocycles. The summed E-state index contributed by atoms with van der Waals surface area (Å²) in [6.45, 7) is 1.17. The average molecular weight is 156 g/mol. The Morgan fingerprint density at radius 3 is 2.56 bits per heavy atom. The first-order chi connectivity index (χ1) is 3.80. The van der Waals surface area contributed by atoms with Crippen molar-refractivity contribution < 1.29 is 55.8 Å². The molecule has 0 radical (unpaired) electrons. The Balaban J connectivity index is 0.000000640. The fraction of sp³-hybridized carbons (Fsp3) is 1.00. The van der Waals surface area contributed by atoms with E-state index in [9.17, 15) is 4.39 Å². The maximum absolute atomic E-state index is 12.3. The molecule has 48 valence electrons. The number of halogens is 1. The van der Waals surface area contributed by atoms with E-state index in [-0.39, 0.29) is 51.4 Å². The van der Waals surface area contributed by atoms with Crippen molar-refractivity contribution in [3.63, 3.8) is 0 Å². The van der Waals surface area contributed by atoms with Crippen LogP contribution in [0.4, 0.5) is 4.39 Å². The molecule has 2 N–H and O–H groups in total. The van der Waals surface area contributed by atoms with Crippen LogP contribution in [0.2, 0.25) is 0 Å². The van der Waals surface area contributed by atoms with Gasteiger partial charge in [-0.15, -0.1) is 6.04 Å². The molecule has 0 saturated carbocycles. The van der Waals surface area contributed by atoms with Crippen LogP contribution in [0.15, 0.2) is 0 Å². The van der Waals surface area contributed by atoms with E-state index >= 15 is 0 Å². The fourth-order valence-corrected chi connectivity index (χ4v) is 0.821. The molecule has 2 nitrogen and oxygen atoms in total. The van der Waals surface area contributed by atoms with Gasteiger partial charge in [-0.25, -0.2) is 4.39 Å². The third-order valence-electron chi connectivity index (χ3n) is 1.41. The third kappa shape index (κ3) is 3.41. The van der Waals surface area contributed by atoms with Crippen molar-refractivity contribution in [3.8, 4) is 0 Å². The second kappa shape index (κ2) is 5.18. The summed E-state index contributed by atoms with van der Waals surface area (Å²) in [6.07, 6.45) is -0.287. The van der Waals surface area contributed by atoms with E-state index in [4.69, 9.17) is 5.73 Å². The van der Waals surface area contributed by atoms with E-state index in [1.165, 1.54) is 0 Å². The van der Waals surface area contributed by atoms with Crippen molar-refractivity contribution in [2.45, 2.75) is 18.6 Å². The third-order valence-corrected chi connectivity index (χ3v) is 1.41. The summed E-state index contributed by atoms with van der Waals surface area (Å²) in [5.74, 6) is 0. The van der Waals surface area contributed by atoms with Crippen LogP contribution in [-0.2, 0) is 0 Å². The minimum Gasteiger partial charge on any atom is -0.672 e. The Labute approximate surface area is 97.2 Å². The summed E-state index contributed by atoms with van der Waals surface area (Å²) in [7, 11) is 0. The van der Waals surface area contributed by atoms with Gasteiger partial charge in [-0.2, -0.15) is 0 Å². The molecule has 0 aromatic rings. The zero-order valence-corrected chi connectivity index (χ0v) is 8.78. The van der Waals surface area contributed by atoms with E-state index in [1.54, 1.807) is 0 Å². The molecule has 0 aromatic heterocycles. The number of hydrogen-bond donors (Lipinski definition) is 1. The number of piperidine rings is 1. The van der Waals surface area contributed by atoms with Gasteiger partial charge >= 0.3 is 51.4 Å². The van der Waals surface area contributed by atoms with Crippen molar-refractivity contribution in [2.75, 3.05) is 13.1 Å². The van der Waals surface area contributed by atoms with Crippen LogP contribution in [-0.4, -0.2) is 25.3 Å². The summed E-state index contributed by atoms with van der Waals surface area (Å²) in [6, 6.07) is -0.476. The van der Waals surface area contributed by atoms with Crippen LogP contribution < -0.4 is 56.7 Å². The number of hydrogen-bond acceptors (Lipinski definition) is 1. The molecule has 2 unspecified atom stereocenters. The van der Waals surface area contributed by atoms with Crippen LogP contribution in [0.3, 0.4) is 0 Å². The van der Waals surface area contributed by atoms with Gasteiger partial charge in [-0.05, 0) is 6.54 Å². The minimum absolute atomic E-state index is 0. The zero-order chi connectivity index (χ0) is 5.98. The summed E-state index contributed by atoms with van der Waals surface area (Å²) >= 11 is 0. The Bertz CT molecular complexity index is 71.4. The van der Waals surface area contributed by atoms with E-state index in [0.717, 1.165) is 6.54 Å². The van der Waals surface area contributed by atoms with Gasteiger partial charge < -0.3 is 11.1 Å². The quantitative estimate of drug-likeness (QED) is 0.395. The fourth-order valence-electron chi connectivity index (χ4n) is 0.821. The molecule has 1 rings (SSSR count). The number of alkyl halides is 1. The largest absolute Gasteiger partial charge is 1.00 e. The second-order valence-electron chi connectivity index (χ2n) is 2.12. The standard InChI is InChI=1S/C5H10FN2.K/c6-4-3-8-2-1-5(4)7;/h4-5,7-8H,1-3H2;/q-1;+1. The summed E-state index contributed by atoms with van der Waals surface area (Å²) in [5.41, 5.74) is 7.06. The molecule has 1 fully saturated rings.